The molecule has 0 bridgehead atoms. The second kappa shape index (κ2) is 5.65. The third kappa shape index (κ3) is 2.64. The lowest BCUT2D eigenvalue weighted by molar-refractivity contribution is 0.525. The second-order valence-corrected chi connectivity index (χ2v) is 5.72. The lowest BCUT2D eigenvalue weighted by Gasteiger charge is -2.11. The SMILES string of the molecule is Clc1cccc(Cl)c1C(Cl)Cc1nc2ccccc2o1. The molecule has 20 heavy (non-hydrogen) atoms. The summed E-state index contributed by atoms with van der Waals surface area (Å²) in [7, 11) is 0. The zero-order chi connectivity index (χ0) is 14.1. The van der Waals surface area contributed by atoms with E-state index in [9.17, 15) is 0 Å². The molecule has 2 aromatic carbocycles. The molecular weight excluding hydrogens is 317 g/mol. The Balaban J connectivity index is 1.90. The van der Waals surface area contributed by atoms with E-state index in [2.05, 4.69) is 4.98 Å². The van der Waals surface area contributed by atoms with Crippen molar-refractivity contribution in [2.45, 2.75) is 11.8 Å². The minimum absolute atomic E-state index is 0.385. The van der Waals surface area contributed by atoms with Crippen molar-refractivity contribution in [2.24, 2.45) is 0 Å². The number of halogens is 3. The van der Waals surface area contributed by atoms with Gasteiger partial charge in [0.1, 0.15) is 5.52 Å². The molecule has 1 unspecified atom stereocenters. The molecule has 3 rings (SSSR count). The summed E-state index contributed by atoms with van der Waals surface area (Å²) in [5.74, 6) is 0.571. The number of aromatic nitrogens is 1. The van der Waals surface area contributed by atoms with Crippen LogP contribution in [0.4, 0.5) is 0 Å². The Bertz CT molecular complexity index is 700. The second-order valence-electron chi connectivity index (χ2n) is 4.38. The van der Waals surface area contributed by atoms with E-state index in [1.54, 1.807) is 18.2 Å². The topological polar surface area (TPSA) is 26.0 Å². The van der Waals surface area contributed by atoms with Crippen molar-refractivity contribution in [3.63, 3.8) is 0 Å². The van der Waals surface area contributed by atoms with E-state index in [-0.39, 0.29) is 5.38 Å². The molecule has 1 atom stereocenters. The summed E-state index contributed by atoms with van der Waals surface area (Å²) >= 11 is 18.7. The minimum Gasteiger partial charge on any atom is -0.441 e. The Kier molecular flexibility index (Phi) is 3.88. The van der Waals surface area contributed by atoms with Crippen LogP contribution in [0.15, 0.2) is 46.9 Å². The van der Waals surface area contributed by atoms with Gasteiger partial charge in [0.2, 0.25) is 0 Å². The van der Waals surface area contributed by atoms with Crippen molar-refractivity contribution in [3.05, 3.63) is 64.0 Å². The van der Waals surface area contributed by atoms with Crippen LogP contribution < -0.4 is 0 Å². The van der Waals surface area contributed by atoms with Crippen LogP contribution in [-0.4, -0.2) is 4.98 Å². The molecule has 5 heteroatoms. The molecule has 102 valence electrons. The Hall–Kier alpha value is -1.22. The molecule has 0 saturated heterocycles. The maximum absolute atomic E-state index is 6.41. The first-order valence-corrected chi connectivity index (χ1v) is 7.27. The van der Waals surface area contributed by atoms with Crippen molar-refractivity contribution < 1.29 is 4.42 Å². The number of hydrogen-bond donors (Lipinski definition) is 0. The van der Waals surface area contributed by atoms with Gasteiger partial charge in [-0.15, -0.1) is 11.6 Å². The standard InChI is InChI=1S/C15H10Cl3NO/c16-9-4-3-5-10(17)15(9)11(18)8-14-19-12-6-1-2-7-13(12)20-14/h1-7,11H,8H2. The van der Waals surface area contributed by atoms with Crippen LogP contribution in [0, 0.1) is 0 Å². The molecule has 0 spiro atoms. The van der Waals surface area contributed by atoms with Crippen molar-refractivity contribution in [1.82, 2.24) is 4.98 Å². The molecule has 0 aliphatic heterocycles. The summed E-state index contributed by atoms with van der Waals surface area (Å²) in [6.45, 7) is 0. The molecule has 0 N–H and O–H groups in total. The van der Waals surface area contributed by atoms with Gasteiger partial charge < -0.3 is 4.42 Å². The maximum atomic E-state index is 6.41. The fraction of sp³-hybridized carbons (Fsp3) is 0.133. The summed E-state index contributed by atoms with van der Waals surface area (Å²) in [6, 6.07) is 12.9. The first kappa shape index (κ1) is 13.7. The van der Waals surface area contributed by atoms with E-state index in [0.29, 0.717) is 27.9 Å². The number of nitrogens with zero attached hydrogens (tertiary/aromatic N) is 1. The van der Waals surface area contributed by atoms with E-state index in [1.165, 1.54) is 0 Å². The Morgan fingerprint density at radius 3 is 2.40 bits per heavy atom. The predicted octanol–water partition coefficient (Wildman–Crippen LogP) is 5.66. The third-order valence-corrected chi connectivity index (χ3v) is 4.04. The first-order chi connectivity index (χ1) is 9.65. The Labute approximate surface area is 131 Å². The smallest absolute Gasteiger partial charge is 0.197 e. The van der Waals surface area contributed by atoms with Crippen LogP contribution in [0.1, 0.15) is 16.8 Å². The number of para-hydroxylation sites is 2. The predicted molar refractivity (Wildman–Crippen MR) is 82.8 cm³/mol. The highest BCUT2D eigenvalue weighted by Crippen LogP contribution is 2.36. The fourth-order valence-corrected chi connectivity index (χ4v) is 3.21. The van der Waals surface area contributed by atoms with Crippen LogP contribution in [0.5, 0.6) is 0 Å². The monoisotopic (exact) mass is 325 g/mol. The number of oxazole rings is 1. The third-order valence-electron chi connectivity index (χ3n) is 3.00. The summed E-state index contributed by atoms with van der Waals surface area (Å²) in [5.41, 5.74) is 2.27. The van der Waals surface area contributed by atoms with Gasteiger partial charge in [-0.1, -0.05) is 41.4 Å². The number of benzene rings is 2. The summed E-state index contributed by atoms with van der Waals surface area (Å²) in [4.78, 5) is 4.40. The molecule has 2 nitrogen and oxygen atoms in total. The van der Waals surface area contributed by atoms with Gasteiger partial charge in [0, 0.05) is 22.0 Å². The van der Waals surface area contributed by atoms with Crippen molar-refractivity contribution in [1.29, 1.82) is 0 Å². The molecule has 0 saturated carbocycles. The van der Waals surface area contributed by atoms with Gasteiger partial charge in [0.15, 0.2) is 11.5 Å². The number of alkyl halides is 1. The molecule has 0 fully saturated rings. The number of rotatable bonds is 3. The van der Waals surface area contributed by atoms with Gasteiger partial charge in [-0.25, -0.2) is 4.98 Å². The van der Waals surface area contributed by atoms with Crippen molar-refractivity contribution >= 4 is 45.9 Å². The van der Waals surface area contributed by atoms with Gasteiger partial charge in [0.25, 0.3) is 0 Å². The first-order valence-electron chi connectivity index (χ1n) is 6.07. The average Bonchev–Trinajstić information content (AvgIpc) is 2.80. The zero-order valence-electron chi connectivity index (χ0n) is 10.3. The lowest BCUT2D eigenvalue weighted by atomic mass is 10.1. The molecule has 0 aliphatic carbocycles. The summed E-state index contributed by atoms with van der Waals surface area (Å²) in [6.07, 6.45) is 0.430. The number of hydrogen-bond acceptors (Lipinski definition) is 2. The van der Waals surface area contributed by atoms with Crippen LogP contribution in [0.2, 0.25) is 10.0 Å². The zero-order valence-corrected chi connectivity index (χ0v) is 12.6. The molecule has 0 amide bonds. The Morgan fingerprint density at radius 2 is 1.70 bits per heavy atom. The van der Waals surface area contributed by atoms with Crippen LogP contribution >= 0.6 is 34.8 Å². The van der Waals surface area contributed by atoms with Gasteiger partial charge >= 0.3 is 0 Å². The fourth-order valence-electron chi connectivity index (χ4n) is 2.07. The summed E-state index contributed by atoms with van der Waals surface area (Å²) in [5, 5.41) is 0.714. The summed E-state index contributed by atoms with van der Waals surface area (Å²) < 4.78 is 5.66. The highest BCUT2D eigenvalue weighted by molar-refractivity contribution is 6.37. The molecule has 1 aromatic heterocycles. The van der Waals surface area contributed by atoms with Crippen molar-refractivity contribution in [2.75, 3.05) is 0 Å². The van der Waals surface area contributed by atoms with Crippen LogP contribution in [-0.2, 0) is 6.42 Å². The highest BCUT2D eigenvalue weighted by atomic mass is 35.5. The molecule has 1 heterocycles. The van der Waals surface area contributed by atoms with Gasteiger partial charge in [0.05, 0.1) is 5.38 Å². The van der Waals surface area contributed by atoms with Gasteiger partial charge in [-0.2, -0.15) is 0 Å². The van der Waals surface area contributed by atoms with E-state index in [4.69, 9.17) is 39.2 Å². The van der Waals surface area contributed by atoms with E-state index in [1.807, 2.05) is 24.3 Å². The van der Waals surface area contributed by atoms with Crippen LogP contribution in [0.3, 0.4) is 0 Å². The number of fused-ring (bicyclic) bond motifs is 1. The largest absolute Gasteiger partial charge is 0.441 e. The minimum atomic E-state index is -0.385. The quantitative estimate of drug-likeness (QED) is 0.581. The highest BCUT2D eigenvalue weighted by Gasteiger charge is 2.18. The van der Waals surface area contributed by atoms with E-state index >= 15 is 0 Å². The Morgan fingerprint density at radius 1 is 1.00 bits per heavy atom. The van der Waals surface area contributed by atoms with Crippen molar-refractivity contribution in [3.8, 4) is 0 Å². The normalized spacial score (nSPS) is 12.8. The molecule has 0 aliphatic rings. The molecule has 0 radical (unpaired) electrons. The van der Waals surface area contributed by atoms with Gasteiger partial charge in [-0.05, 0) is 24.3 Å². The maximum Gasteiger partial charge on any atom is 0.197 e. The van der Waals surface area contributed by atoms with E-state index in [0.717, 1.165) is 11.1 Å². The van der Waals surface area contributed by atoms with E-state index < -0.39 is 0 Å². The van der Waals surface area contributed by atoms with Gasteiger partial charge in [-0.3, -0.25) is 0 Å². The molecular formula is C15H10Cl3NO. The average molecular weight is 327 g/mol. The van der Waals surface area contributed by atoms with Crippen LogP contribution in [0.25, 0.3) is 11.1 Å². The molecule has 3 aromatic rings. The lowest BCUT2D eigenvalue weighted by Crippen LogP contribution is -1.98.